The summed E-state index contributed by atoms with van der Waals surface area (Å²) < 4.78 is 97.1. The molecule has 2 aromatic rings. The van der Waals surface area contributed by atoms with Crippen LogP contribution in [0, 0.1) is 0 Å². The van der Waals surface area contributed by atoms with Crippen molar-refractivity contribution in [1.29, 1.82) is 0 Å². The molecule has 1 atom stereocenters. The van der Waals surface area contributed by atoms with E-state index in [-0.39, 0.29) is 38.2 Å². The highest BCUT2D eigenvalue weighted by atomic mass is 32.2. The maximum atomic E-state index is 14.4. The number of amides is 2. The Morgan fingerprint density at radius 3 is 2.46 bits per heavy atom. The number of ether oxygens (including phenoxy) is 1. The van der Waals surface area contributed by atoms with Crippen LogP contribution in [0.3, 0.4) is 0 Å². The largest absolute Gasteiger partial charge is 0.444 e. The Morgan fingerprint density at radius 2 is 1.89 bits per heavy atom. The number of pyridine rings is 2. The molecule has 0 aromatic carbocycles. The molecule has 15 heteroatoms. The zero-order valence-electron chi connectivity index (χ0n) is 18.5. The molecule has 2 amide bonds. The fraction of sp³-hybridized carbons (Fsp3) is 0.400. The molecule has 1 unspecified atom stereocenters. The molecule has 1 aliphatic rings. The van der Waals surface area contributed by atoms with Crippen LogP contribution in [0.15, 0.2) is 29.4 Å². The first-order valence-corrected chi connectivity index (χ1v) is 11.6. The molecule has 0 aliphatic carbocycles. The number of nitrogens with zero attached hydrogens (tertiary/aromatic N) is 4. The van der Waals surface area contributed by atoms with Crippen LogP contribution in [0.5, 0.6) is 0 Å². The van der Waals surface area contributed by atoms with Crippen molar-refractivity contribution in [3.8, 4) is 11.4 Å². The van der Waals surface area contributed by atoms with Crippen molar-refractivity contribution in [3.63, 3.8) is 0 Å². The summed E-state index contributed by atoms with van der Waals surface area (Å²) in [5.74, 6) is -5.93. The van der Waals surface area contributed by atoms with Crippen molar-refractivity contribution in [3.05, 3.63) is 30.1 Å². The van der Waals surface area contributed by atoms with Gasteiger partial charge in [-0.15, -0.1) is 0 Å². The van der Waals surface area contributed by atoms with Crippen LogP contribution in [-0.2, 0) is 26.0 Å². The van der Waals surface area contributed by atoms with E-state index in [0.717, 1.165) is 17.2 Å². The van der Waals surface area contributed by atoms with Crippen LogP contribution >= 0.6 is 0 Å². The van der Waals surface area contributed by atoms with Gasteiger partial charge in [0.1, 0.15) is 12.3 Å². The van der Waals surface area contributed by atoms with Crippen molar-refractivity contribution in [2.75, 3.05) is 22.6 Å². The van der Waals surface area contributed by atoms with Crippen LogP contribution < -0.4 is 9.80 Å². The number of cyclic esters (lactones) is 1. The van der Waals surface area contributed by atoms with E-state index < -0.39 is 52.8 Å². The first-order valence-electron chi connectivity index (χ1n) is 9.94. The van der Waals surface area contributed by atoms with E-state index in [9.17, 15) is 40.0 Å². The minimum atomic E-state index is -5.20. The minimum Gasteiger partial charge on any atom is -0.444 e. The van der Waals surface area contributed by atoms with Gasteiger partial charge in [0.2, 0.25) is 5.91 Å². The Balaban J connectivity index is 2.14. The lowest BCUT2D eigenvalue weighted by molar-refractivity contribution is -0.169. The Kier molecular flexibility index (Phi) is 7.02. The van der Waals surface area contributed by atoms with Crippen LogP contribution in [0.1, 0.15) is 19.4 Å². The van der Waals surface area contributed by atoms with Gasteiger partial charge in [0.25, 0.3) is 6.30 Å². The smallest absolute Gasteiger partial charge is 0.417 e. The molecular formula is C20H19F5N4O5S. The zero-order chi connectivity index (χ0) is 26.3. The first-order chi connectivity index (χ1) is 16.2. The van der Waals surface area contributed by atoms with E-state index in [1.807, 2.05) is 0 Å². The van der Waals surface area contributed by atoms with E-state index in [1.54, 1.807) is 0 Å². The molecule has 3 heterocycles. The highest BCUT2D eigenvalue weighted by Gasteiger charge is 2.55. The molecule has 0 bridgehead atoms. The summed E-state index contributed by atoms with van der Waals surface area (Å²) in [6, 6.07) is 2.32. The number of hydrogen-bond acceptors (Lipinski definition) is 7. The summed E-state index contributed by atoms with van der Waals surface area (Å²) in [5, 5.41) is 0. The summed E-state index contributed by atoms with van der Waals surface area (Å²) in [4.78, 5) is 32.2. The number of hydrogen-bond donors (Lipinski definition) is 0. The third kappa shape index (κ3) is 4.76. The third-order valence-electron chi connectivity index (χ3n) is 5.26. The lowest BCUT2D eigenvalue weighted by Gasteiger charge is -2.34. The van der Waals surface area contributed by atoms with Gasteiger partial charge in [-0.05, 0) is 12.1 Å². The van der Waals surface area contributed by atoms with Crippen LogP contribution in [0.4, 0.5) is 38.1 Å². The number of rotatable bonds is 7. The molecule has 1 aliphatic heterocycles. The molecule has 0 N–H and O–H groups in total. The van der Waals surface area contributed by atoms with E-state index in [1.165, 1.54) is 33.2 Å². The van der Waals surface area contributed by atoms with Crippen molar-refractivity contribution in [2.45, 2.75) is 44.0 Å². The van der Waals surface area contributed by atoms with E-state index in [0.29, 0.717) is 0 Å². The molecule has 2 aromatic heterocycles. The summed E-state index contributed by atoms with van der Waals surface area (Å²) >= 11 is 0. The lowest BCUT2D eigenvalue weighted by atomic mass is 10.1. The normalized spacial score (nSPS) is 15.0. The summed E-state index contributed by atoms with van der Waals surface area (Å²) in [6.07, 6.45) is -7.81. The highest BCUT2D eigenvalue weighted by Crippen LogP contribution is 2.39. The molecule has 0 radical (unpaired) electrons. The number of aromatic nitrogens is 2. The third-order valence-corrected chi connectivity index (χ3v) is 7.01. The second kappa shape index (κ2) is 9.36. The van der Waals surface area contributed by atoms with E-state index in [4.69, 9.17) is 0 Å². The Bertz CT molecular complexity index is 1270. The van der Waals surface area contributed by atoms with Crippen LogP contribution in [-0.4, -0.2) is 61.8 Å². The fourth-order valence-corrected chi connectivity index (χ4v) is 4.20. The number of alkyl halides is 5. The maximum absolute atomic E-state index is 14.4. The van der Waals surface area contributed by atoms with Gasteiger partial charge in [-0.2, -0.15) is 8.78 Å². The summed E-state index contributed by atoms with van der Waals surface area (Å²) in [6.45, 7) is 2.09. The topological polar surface area (TPSA) is 110 Å². The average Bonchev–Trinajstić information content (AvgIpc) is 2.82. The van der Waals surface area contributed by atoms with Crippen molar-refractivity contribution in [1.82, 2.24) is 9.97 Å². The Hall–Kier alpha value is -3.36. The van der Waals surface area contributed by atoms with Crippen LogP contribution in [0.25, 0.3) is 11.4 Å². The first kappa shape index (κ1) is 26.2. The highest BCUT2D eigenvalue weighted by molar-refractivity contribution is 7.91. The maximum Gasteiger partial charge on any atom is 0.417 e. The predicted octanol–water partition coefficient (Wildman–Crippen LogP) is 3.57. The van der Waals surface area contributed by atoms with Gasteiger partial charge in [-0.3, -0.25) is 14.8 Å². The molecule has 190 valence electrons. The van der Waals surface area contributed by atoms with Crippen LogP contribution in [0.2, 0.25) is 0 Å². The number of fused-ring (bicyclic) bond motifs is 1. The summed E-state index contributed by atoms with van der Waals surface area (Å²) in [5.41, 5.74) is -0.768. The number of anilines is 2. The molecular weight excluding hydrogens is 503 g/mol. The van der Waals surface area contributed by atoms with E-state index >= 15 is 0 Å². The Labute approximate surface area is 196 Å². The van der Waals surface area contributed by atoms with Crippen molar-refractivity contribution >= 4 is 33.2 Å². The van der Waals surface area contributed by atoms with Gasteiger partial charge in [0.05, 0.1) is 40.1 Å². The van der Waals surface area contributed by atoms with Crippen molar-refractivity contribution in [2.24, 2.45) is 0 Å². The molecule has 3 rings (SSSR count). The Morgan fingerprint density at radius 1 is 1.23 bits per heavy atom. The van der Waals surface area contributed by atoms with Gasteiger partial charge in [0, 0.05) is 19.5 Å². The quantitative estimate of drug-likeness (QED) is 0.404. The minimum absolute atomic E-state index is 0.103. The molecule has 35 heavy (non-hydrogen) atoms. The molecule has 0 spiro atoms. The number of carbonyl (C=O) groups is 2. The zero-order valence-corrected chi connectivity index (χ0v) is 19.3. The van der Waals surface area contributed by atoms with Crippen molar-refractivity contribution < 1.29 is 44.7 Å². The molecule has 0 saturated carbocycles. The summed E-state index contributed by atoms with van der Waals surface area (Å²) in [7, 11) is -2.51. The van der Waals surface area contributed by atoms with Gasteiger partial charge < -0.3 is 9.64 Å². The molecule has 0 saturated heterocycles. The van der Waals surface area contributed by atoms with Gasteiger partial charge in [0.15, 0.2) is 9.84 Å². The average molecular weight is 522 g/mol. The second-order valence-electron chi connectivity index (χ2n) is 7.46. The number of carbonyl (C=O) groups excluding carboxylic acids is 2. The standard InChI is InChI=1S/C20H19F5N4O5S/c1-4-35(32,33)15-6-12(28(3)10(2)30)7-27-16(15)13-5-11-9-34-19(31)29(14(11)8-26-13)18(23)20(24,25)17(21)22/h5-8,17-18H,4,9H2,1-3H3. The van der Waals surface area contributed by atoms with Gasteiger partial charge in [-0.25, -0.2) is 31.3 Å². The number of halogens is 5. The molecule has 9 nitrogen and oxygen atoms in total. The predicted molar refractivity (Wildman–Crippen MR) is 113 cm³/mol. The molecule has 0 fully saturated rings. The fourth-order valence-electron chi connectivity index (χ4n) is 3.13. The lowest BCUT2D eigenvalue weighted by Crippen LogP contribution is -2.53. The monoisotopic (exact) mass is 522 g/mol. The number of sulfone groups is 1. The van der Waals surface area contributed by atoms with Gasteiger partial charge in [-0.1, -0.05) is 6.92 Å². The van der Waals surface area contributed by atoms with E-state index in [2.05, 4.69) is 14.7 Å². The SMILES string of the molecule is CCS(=O)(=O)c1cc(N(C)C(C)=O)cnc1-c1cc2c(cn1)N(C(F)C(F)(F)C(F)F)C(=O)OC2. The second-order valence-corrected chi connectivity index (χ2v) is 9.70. The van der Waals surface area contributed by atoms with Gasteiger partial charge >= 0.3 is 18.4 Å².